The lowest BCUT2D eigenvalue weighted by Crippen LogP contribution is -2.49. The lowest BCUT2D eigenvalue weighted by molar-refractivity contribution is -0.157. The average molecular weight is 411 g/mol. The third-order valence-electron chi connectivity index (χ3n) is 5.19. The second-order valence-corrected chi connectivity index (χ2v) is 8.11. The summed E-state index contributed by atoms with van der Waals surface area (Å²) < 4.78 is 6.83. The summed E-state index contributed by atoms with van der Waals surface area (Å²) in [5, 5.41) is 0. The predicted molar refractivity (Wildman–Crippen MR) is 95.8 cm³/mol. The van der Waals surface area contributed by atoms with Crippen LogP contribution in [0.15, 0.2) is 24.3 Å². The van der Waals surface area contributed by atoms with Crippen LogP contribution in [0.25, 0.3) is 0 Å². The van der Waals surface area contributed by atoms with Crippen molar-refractivity contribution in [2.24, 2.45) is 5.92 Å². The number of carbonyl (C=O) groups excluding carboxylic acids is 1. The molecule has 0 aliphatic carbocycles. The number of nitrogens with zero attached hydrogens (tertiary/aromatic N) is 1. The van der Waals surface area contributed by atoms with Gasteiger partial charge in [0.05, 0.1) is 12.0 Å². The highest BCUT2D eigenvalue weighted by Gasteiger charge is 2.49. The van der Waals surface area contributed by atoms with Crippen LogP contribution in [0.2, 0.25) is 0 Å². The van der Waals surface area contributed by atoms with E-state index in [1.165, 1.54) is 15.6 Å². The lowest BCUT2D eigenvalue weighted by Gasteiger charge is -2.42. The fourth-order valence-corrected chi connectivity index (χ4v) is 4.51. The first kappa shape index (κ1) is 16.2. The highest BCUT2D eigenvalue weighted by molar-refractivity contribution is 14.1. The topological polar surface area (TPSA) is 29.5 Å². The summed E-state index contributed by atoms with van der Waals surface area (Å²) in [6.45, 7) is 3.86. The number of fused-ring (bicyclic) bond motifs is 2. The molecule has 0 saturated carbocycles. The molecule has 2 bridgehead atoms. The Hall–Kier alpha value is -0.620. The van der Waals surface area contributed by atoms with Crippen LogP contribution in [-0.2, 0) is 9.53 Å². The van der Waals surface area contributed by atoms with Gasteiger partial charge in [0.2, 0.25) is 0 Å². The Morgan fingerprint density at radius 3 is 2.59 bits per heavy atom. The summed E-state index contributed by atoms with van der Waals surface area (Å²) in [7, 11) is 2.17. The van der Waals surface area contributed by atoms with Gasteiger partial charge >= 0.3 is 5.97 Å². The minimum atomic E-state index is -0.0469. The zero-order valence-corrected chi connectivity index (χ0v) is 15.6. The number of carbonyl (C=O) groups is 1. The first-order valence-corrected chi connectivity index (χ1v) is 9.23. The number of ether oxygens (including phenoxy) is 1. The fourth-order valence-electron chi connectivity index (χ4n) is 4.15. The molecular formula is C18H24INO2. The first-order chi connectivity index (χ1) is 10.5. The fraction of sp³-hybridized carbons (Fsp3) is 0.611. The Balaban J connectivity index is 1.91. The maximum Gasteiger partial charge on any atom is 0.311 e. The zero-order chi connectivity index (χ0) is 15.9. The molecule has 1 aromatic carbocycles. The first-order valence-electron chi connectivity index (χ1n) is 8.15. The van der Waals surface area contributed by atoms with E-state index in [1.54, 1.807) is 0 Å². The number of rotatable bonds is 3. The van der Waals surface area contributed by atoms with Crippen LogP contribution < -0.4 is 0 Å². The standard InChI is InChI=1S/C18H24INO2/c1-11(2)22-18(21)17-15(12-4-6-13(19)7-5-12)10-14-8-9-16(17)20(14)3/h4-7,11,14-17H,8-10H2,1-3H3/t14?,15-,16?,17+/m1/s1/i19-2. The molecule has 2 fully saturated rings. The van der Waals surface area contributed by atoms with Crippen LogP contribution >= 0.6 is 22.6 Å². The van der Waals surface area contributed by atoms with Gasteiger partial charge in [0.25, 0.3) is 0 Å². The zero-order valence-electron chi connectivity index (χ0n) is 13.5. The maximum absolute atomic E-state index is 12.7. The van der Waals surface area contributed by atoms with E-state index < -0.39 is 0 Å². The van der Waals surface area contributed by atoms with Gasteiger partial charge in [0.15, 0.2) is 0 Å². The van der Waals surface area contributed by atoms with Crippen LogP contribution in [0, 0.1) is 9.49 Å². The Kier molecular flexibility index (Phi) is 4.78. The van der Waals surface area contributed by atoms with Crippen molar-refractivity contribution >= 4 is 28.6 Å². The number of hydrogen-bond donors (Lipinski definition) is 0. The largest absolute Gasteiger partial charge is 0.463 e. The van der Waals surface area contributed by atoms with E-state index in [2.05, 4.69) is 58.8 Å². The van der Waals surface area contributed by atoms with Crippen LogP contribution in [0.1, 0.15) is 44.6 Å². The molecule has 2 saturated heterocycles. The van der Waals surface area contributed by atoms with Gasteiger partial charge in [-0.2, -0.15) is 0 Å². The van der Waals surface area contributed by atoms with Gasteiger partial charge in [-0.25, -0.2) is 0 Å². The molecule has 4 heteroatoms. The Morgan fingerprint density at radius 1 is 1.27 bits per heavy atom. The summed E-state index contributed by atoms with van der Waals surface area (Å²) in [5.74, 6) is 0.235. The monoisotopic (exact) mass is 411 g/mol. The summed E-state index contributed by atoms with van der Waals surface area (Å²) in [6.07, 6.45) is 3.33. The quantitative estimate of drug-likeness (QED) is 0.560. The van der Waals surface area contributed by atoms with Gasteiger partial charge in [-0.15, -0.1) is 0 Å². The molecule has 120 valence electrons. The number of benzene rings is 1. The van der Waals surface area contributed by atoms with Crippen molar-refractivity contribution in [3.8, 4) is 0 Å². The molecule has 0 aromatic heterocycles. The Labute approximate surface area is 146 Å². The number of halogens is 1. The summed E-state index contributed by atoms with van der Waals surface area (Å²) in [5.41, 5.74) is 1.29. The minimum Gasteiger partial charge on any atom is -0.463 e. The summed E-state index contributed by atoms with van der Waals surface area (Å²) in [6, 6.07) is 9.59. The minimum absolute atomic E-state index is 0.0178. The highest BCUT2D eigenvalue weighted by atomic mass is 125. The molecule has 2 unspecified atom stereocenters. The number of piperidine rings is 1. The van der Waals surface area contributed by atoms with Gasteiger partial charge in [0.1, 0.15) is 0 Å². The van der Waals surface area contributed by atoms with Gasteiger partial charge < -0.3 is 4.74 Å². The van der Waals surface area contributed by atoms with Crippen LogP contribution in [0.5, 0.6) is 0 Å². The van der Waals surface area contributed by atoms with Crippen LogP contribution in [-0.4, -0.2) is 36.1 Å². The molecule has 0 spiro atoms. The number of hydrogen-bond acceptors (Lipinski definition) is 3. The van der Waals surface area contributed by atoms with E-state index >= 15 is 0 Å². The Bertz CT molecular complexity index is 543. The number of esters is 1. The molecule has 0 N–H and O–H groups in total. The van der Waals surface area contributed by atoms with E-state index in [9.17, 15) is 4.79 Å². The van der Waals surface area contributed by atoms with Gasteiger partial charge in [-0.05, 0) is 80.4 Å². The molecule has 2 heterocycles. The van der Waals surface area contributed by atoms with Crippen molar-refractivity contribution in [2.45, 2.75) is 57.2 Å². The van der Waals surface area contributed by atoms with E-state index in [-0.39, 0.29) is 23.9 Å². The van der Waals surface area contributed by atoms with Crippen molar-refractivity contribution in [1.29, 1.82) is 0 Å². The molecule has 22 heavy (non-hydrogen) atoms. The third kappa shape index (κ3) is 3.04. The molecule has 1 aromatic rings. The van der Waals surface area contributed by atoms with Gasteiger partial charge in [-0.3, -0.25) is 9.69 Å². The molecule has 2 aliphatic rings. The van der Waals surface area contributed by atoms with Crippen molar-refractivity contribution in [3.63, 3.8) is 0 Å². The molecule has 3 nitrogen and oxygen atoms in total. The molecule has 0 radical (unpaired) electrons. The average Bonchev–Trinajstić information content (AvgIpc) is 2.71. The molecular weight excluding hydrogens is 387 g/mol. The van der Waals surface area contributed by atoms with E-state index in [0.717, 1.165) is 12.8 Å². The molecule has 3 rings (SSSR count). The SMILES string of the molecule is CC(C)OC(=O)[C@@H]1C2CCC(C[C@@H]1c1ccc([125I])cc1)N2C. The van der Waals surface area contributed by atoms with Crippen molar-refractivity contribution in [1.82, 2.24) is 4.90 Å². The van der Waals surface area contributed by atoms with Crippen molar-refractivity contribution in [3.05, 3.63) is 33.4 Å². The summed E-state index contributed by atoms with van der Waals surface area (Å²) >= 11 is 2.33. The van der Waals surface area contributed by atoms with Crippen molar-refractivity contribution < 1.29 is 9.53 Å². The lowest BCUT2D eigenvalue weighted by atomic mass is 9.76. The smallest absolute Gasteiger partial charge is 0.311 e. The van der Waals surface area contributed by atoms with E-state index in [4.69, 9.17) is 4.74 Å². The maximum atomic E-state index is 12.7. The highest BCUT2D eigenvalue weighted by Crippen LogP contribution is 2.46. The normalized spacial score (nSPS) is 31.5. The van der Waals surface area contributed by atoms with Gasteiger partial charge in [0, 0.05) is 21.6 Å². The molecule has 0 amide bonds. The Morgan fingerprint density at radius 2 is 1.95 bits per heavy atom. The van der Waals surface area contributed by atoms with Crippen LogP contribution in [0.3, 0.4) is 0 Å². The third-order valence-corrected chi connectivity index (χ3v) is 5.91. The second-order valence-electron chi connectivity index (χ2n) is 6.87. The van der Waals surface area contributed by atoms with Gasteiger partial charge in [-0.1, -0.05) is 12.1 Å². The van der Waals surface area contributed by atoms with Crippen molar-refractivity contribution in [2.75, 3.05) is 7.05 Å². The predicted octanol–water partition coefficient (Wildman–Crippen LogP) is 3.81. The second kappa shape index (κ2) is 6.48. The molecule has 2 aliphatic heterocycles. The van der Waals surface area contributed by atoms with E-state index in [1.807, 2.05) is 13.8 Å². The summed E-state index contributed by atoms with van der Waals surface area (Å²) in [4.78, 5) is 15.2. The van der Waals surface area contributed by atoms with Crippen LogP contribution in [0.4, 0.5) is 0 Å². The molecule has 4 atom stereocenters. The van der Waals surface area contributed by atoms with E-state index in [0.29, 0.717) is 12.1 Å².